The molecule has 1 fully saturated rings. The first kappa shape index (κ1) is 14.1. The summed E-state index contributed by atoms with van der Waals surface area (Å²) in [5.41, 5.74) is 7.24. The van der Waals surface area contributed by atoms with Gasteiger partial charge in [-0.25, -0.2) is 0 Å². The fraction of sp³-hybridized carbons (Fsp3) is 0.389. The van der Waals surface area contributed by atoms with Crippen molar-refractivity contribution in [2.75, 3.05) is 0 Å². The van der Waals surface area contributed by atoms with E-state index in [4.69, 9.17) is 5.73 Å². The fourth-order valence-corrected chi connectivity index (χ4v) is 3.43. The molecule has 1 saturated heterocycles. The van der Waals surface area contributed by atoms with E-state index in [1.807, 2.05) is 23.1 Å². The van der Waals surface area contributed by atoms with Crippen LogP contribution in [0.25, 0.3) is 10.8 Å². The number of hydrogen-bond donors (Lipinski definition) is 1. The van der Waals surface area contributed by atoms with Crippen molar-refractivity contribution in [3.63, 3.8) is 0 Å². The molecule has 0 saturated carbocycles. The van der Waals surface area contributed by atoms with Crippen LogP contribution in [0, 0.1) is 0 Å². The summed E-state index contributed by atoms with van der Waals surface area (Å²) in [6.07, 6.45) is 0.422. The molecule has 1 aliphatic heterocycles. The molecule has 0 bridgehead atoms. The minimum atomic E-state index is -0.229. The van der Waals surface area contributed by atoms with Crippen LogP contribution in [0.4, 0.5) is 0 Å². The summed E-state index contributed by atoms with van der Waals surface area (Å²) in [6, 6.07) is 14.3. The number of carbonyl (C=O) groups excluding carboxylic acids is 1. The molecule has 1 heterocycles. The molecular formula is C18H22N2O. The molecule has 2 unspecified atom stereocenters. The number of nitrogens with zero attached hydrogens (tertiary/aromatic N) is 1. The molecule has 3 nitrogen and oxygen atoms in total. The first-order valence-corrected chi connectivity index (χ1v) is 7.45. The number of carbonyl (C=O) groups is 1. The minimum absolute atomic E-state index is 0.0522. The van der Waals surface area contributed by atoms with Crippen molar-refractivity contribution in [1.82, 2.24) is 4.90 Å². The predicted octanol–water partition coefficient (Wildman–Crippen LogP) is 3.24. The lowest BCUT2D eigenvalue weighted by atomic mass is 9.92. The third-order valence-corrected chi connectivity index (χ3v) is 4.23. The molecule has 0 aliphatic carbocycles. The van der Waals surface area contributed by atoms with E-state index >= 15 is 0 Å². The van der Waals surface area contributed by atoms with Gasteiger partial charge in [0, 0.05) is 18.0 Å². The zero-order valence-electron chi connectivity index (χ0n) is 12.8. The molecule has 2 aromatic rings. The molecule has 0 aromatic heterocycles. The summed E-state index contributed by atoms with van der Waals surface area (Å²) in [6.45, 7) is 6.21. The molecule has 110 valence electrons. The van der Waals surface area contributed by atoms with Gasteiger partial charge in [0.2, 0.25) is 5.91 Å². The van der Waals surface area contributed by atoms with Gasteiger partial charge < -0.3 is 10.6 Å². The molecular weight excluding hydrogens is 260 g/mol. The Labute approximate surface area is 125 Å². The number of rotatable bonds is 1. The molecule has 2 atom stereocenters. The Balaban J connectivity index is 2.18. The Morgan fingerprint density at radius 3 is 2.48 bits per heavy atom. The van der Waals surface area contributed by atoms with E-state index in [1.54, 1.807) is 0 Å². The summed E-state index contributed by atoms with van der Waals surface area (Å²) in [4.78, 5) is 14.4. The van der Waals surface area contributed by atoms with Gasteiger partial charge in [-0.1, -0.05) is 42.5 Å². The topological polar surface area (TPSA) is 46.3 Å². The number of benzene rings is 2. The van der Waals surface area contributed by atoms with Crippen molar-refractivity contribution in [1.29, 1.82) is 0 Å². The third-order valence-electron chi connectivity index (χ3n) is 4.23. The Hall–Kier alpha value is -1.87. The molecule has 2 aromatic carbocycles. The van der Waals surface area contributed by atoms with Gasteiger partial charge in [-0.2, -0.15) is 0 Å². The first-order valence-electron chi connectivity index (χ1n) is 7.45. The summed E-state index contributed by atoms with van der Waals surface area (Å²) in [5, 5.41) is 2.37. The molecule has 21 heavy (non-hydrogen) atoms. The number of fused-ring (bicyclic) bond motifs is 1. The van der Waals surface area contributed by atoms with Gasteiger partial charge in [-0.15, -0.1) is 0 Å². The highest BCUT2D eigenvalue weighted by Crippen LogP contribution is 2.40. The fourth-order valence-electron chi connectivity index (χ4n) is 3.43. The van der Waals surface area contributed by atoms with Crippen LogP contribution in [-0.4, -0.2) is 22.4 Å². The van der Waals surface area contributed by atoms with E-state index < -0.39 is 0 Å². The number of amides is 1. The first-order chi connectivity index (χ1) is 9.89. The van der Waals surface area contributed by atoms with Crippen LogP contribution in [-0.2, 0) is 4.79 Å². The number of nitrogens with two attached hydrogens (primary N) is 1. The summed E-state index contributed by atoms with van der Waals surface area (Å²) in [7, 11) is 0. The Morgan fingerprint density at radius 1 is 1.10 bits per heavy atom. The maximum absolute atomic E-state index is 12.4. The zero-order chi connectivity index (χ0) is 15.2. The van der Waals surface area contributed by atoms with Crippen LogP contribution < -0.4 is 5.73 Å². The molecule has 0 radical (unpaired) electrons. The average Bonchev–Trinajstić information content (AvgIpc) is 2.72. The van der Waals surface area contributed by atoms with Crippen molar-refractivity contribution in [3.8, 4) is 0 Å². The maximum Gasteiger partial charge on any atom is 0.225 e. The Kier molecular flexibility index (Phi) is 3.25. The van der Waals surface area contributed by atoms with Crippen molar-refractivity contribution in [2.24, 2.45) is 5.73 Å². The van der Waals surface area contributed by atoms with Gasteiger partial charge in [0.25, 0.3) is 0 Å². The normalized spacial score (nSPS) is 23.0. The van der Waals surface area contributed by atoms with E-state index in [0.29, 0.717) is 6.42 Å². The lowest BCUT2D eigenvalue weighted by Crippen LogP contribution is -2.45. The van der Waals surface area contributed by atoms with Crippen LogP contribution in [0.15, 0.2) is 42.5 Å². The summed E-state index contributed by atoms with van der Waals surface area (Å²) >= 11 is 0. The number of hydrogen-bond acceptors (Lipinski definition) is 2. The second-order valence-electron chi connectivity index (χ2n) is 6.82. The van der Waals surface area contributed by atoms with Crippen molar-refractivity contribution in [3.05, 3.63) is 48.0 Å². The highest BCUT2D eigenvalue weighted by molar-refractivity contribution is 5.88. The molecule has 0 spiro atoms. The minimum Gasteiger partial charge on any atom is -0.329 e. The highest BCUT2D eigenvalue weighted by Gasteiger charge is 2.44. The van der Waals surface area contributed by atoms with Crippen molar-refractivity contribution >= 4 is 16.7 Å². The molecule has 3 heteroatoms. The van der Waals surface area contributed by atoms with Gasteiger partial charge in [0.1, 0.15) is 0 Å². The maximum atomic E-state index is 12.4. The van der Waals surface area contributed by atoms with E-state index in [1.165, 1.54) is 10.8 Å². The summed E-state index contributed by atoms with van der Waals surface area (Å²) in [5.74, 6) is 0.146. The molecule has 3 rings (SSSR count). The molecule has 2 N–H and O–H groups in total. The van der Waals surface area contributed by atoms with E-state index in [9.17, 15) is 4.79 Å². The second-order valence-corrected chi connectivity index (χ2v) is 6.82. The molecule has 1 amide bonds. The predicted molar refractivity (Wildman–Crippen MR) is 85.9 cm³/mol. The largest absolute Gasteiger partial charge is 0.329 e. The SMILES string of the molecule is CC(C)(C)N1C(=O)CC(N)C1c1cccc2ccccc12. The van der Waals surface area contributed by atoms with Crippen molar-refractivity contribution < 1.29 is 4.79 Å². The van der Waals surface area contributed by atoms with Crippen molar-refractivity contribution in [2.45, 2.75) is 44.8 Å². The standard InChI is InChI=1S/C18H22N2O/c1-18(2,3)20-16(21)11-15(19)17(20)14-10-6-8-12-7-4-5-9-13(12)14/h4-10,15,17H,11,19H2,1-3H3. The summed E-state index contributed by atoms with van der Waals surface area (Å²) < 4.78 is 0. The monoisotopic (exact) mass is 282 g/mol. The average molecular weight is 282 g/mol. The second kappa shape index (κ2) is 4.85. The highest BCUT2D eigenvalue weighted by atomic mass is 16.2. The molecule has 1 aliphatic rings. The number of likely N-dealkylation sites (tertiary alicyclic amines) is 1. The third kappa shape index (κ3) is 2.32. The van der Waals surface area contributed by atoms with Crippen LogP contribution in [0.3, 0.4) is 0 Å². The van der Waals surface area contributed by atoms with E-state index in [-0.39, 0.29) is 23.5 Å². The lowest BCUT2D eigenvalue weighted by molar-refractivity contribution is -0.133. The van der Waals surface area contributed by atoms with Gasteiger partial charge in [-0.3, -0.25) is 4.79 Å². The van der Waals surface area contributed by atoms with Crippen LogP contribution in [0.5, 0.6) is 0 Å². The van der Waals surface area contributed by atoms with Gasteiger partial charge >= 0.3 is 0 Å². The van der Waals surface area contributed by atoms with Gasteiger partial charge in [0.15, 0.2) is 0 Å². The van der Waals surface area contributed by atoms with Crippen LogP contribution in [0.1, 0.15) is 38.8 Å². The van der Waals surface area contributed by atoms with Crippen LogP contribution in [0.2, 0.25) is 0 Å². The van der Waals surface area contributed by atoms with E-state index in [2.05, 4.69) is 45.0 Å². The zero-order valence-corrected chi connectivity index (χ0v) is 12.8. The quantitative estimate of drug-likeness (QED) is 0.872. The lowest BCUT2D eigenvalue weighted by Gasteiger charge is -2.38. The Morgan fingerprint density at radius 2 is 1.76 bits per heavy atom. The smallest absolute Gasteiger partial charge is 0.225 e. The van der Waals surface area contributed by atoms with Crippen LogP contribution >= 0.6 is 0 Å². The van der Waals surface area contributed by atoms with Gasteiger partial charge in [-0.05, 0) is 37.1 Å². The van der Waals surface area contributed by atoms with E-state index in [0.717, 1.165) is 5.56 Å². The Bertz CT molecular complexity index is 682. The van der Waals surface area contributed by atoms with Gasteiger partial charge in [0.05, 0.1) is 6.04 Å².